The van der Waals surface area contributed by atoms with Crippen molar-refractivity contribution in [2.75, 3.05) is 29.9 Å². The third-order valence-corrected chi connectivity index (χ3v) is 5.38. The molecule has 0 saturated heterocycles. The SMILES string of the molecule is c1ccc2c(c1)CC(CN1CCNc3ccccc31)S2. The molecule has 2 aromatic carbocycles. The Bertz CT molecular complexity index is 601. The Morgan fingerprint density at radius 3 is 2.90 bits per heavy atom. The molecule has 0 aliphatic carbocycles. The van der Waals surface area contributed by atoms with Crippen LogP contribution in [-0.2, 0) is 6.42 Å². The highest BCUT2D eigenvalue weighted by Crippen LogP contribution is 2.38. The van der Waals surface area contributed by atoms with Crippen LogP contribution in [-0.4, -0.2) is 24.9 Å². The highest BCUT2D eigenvalue weighted by Gasteiger charge is 2.25. The summed E-state index contributed by atoms with van der Waals surface area (Å²) in [5.74, 6) is 0. The van der Waals surface area contributed by atoms with Crippen LogP contribution in [0.5, 0.6) is 0 Å². The summed E-state index contributed by atoms with van der Waals surface area (Å²) in [6.45, 7) is 3.28. The van der Waals surface area contributed by atoms with Crippen molar-refractivity contribution in [3.8, 4) is 0 Å². The fourth-order valence-electron chi connectivity index (χ4n) is 3.14. The molecule has 0 saturated carbocycles. The Labute approximate surface area is 124 Å². The van der Waals surface area contributed by atoms with Gasteiger partial charge in [0.25, 0.3) is 0 Å². The number of nitrogens with zero attached hydrogens (tertiary/aromatic N) is 1. The summed E-state index contributed by atoms with van der Waals surface area (Å²) in [5.41, 5.74) is 4.15. The second-order valence-corrected chi connectivity index (χ2v) is 6.78. The van der Waals surface area contributed by atoms with Gasteiger partial charge in [-0.2, -0.15) is 0 Å². The minimum atomic E-state index is 0.679. The van der Waals surface area contributed by atoms with Crippen LogP contribution < -0.4 is 10.2 Å². The van der Waals surface area contributed by atoms with E-state index >= 15 is 0 Å². The maximum Gasteiger partial charge on any atom is 0.0603 e. The molecule has 1 N–H and O–H groups in total. The number of hydrogen-bond acceptors (Lipinski definition) is 3. The maximum absolute atomic E-state index is 3.49. The zero-order valence-electron chi connectivity index (χ0n) is 11.4. The van der Waals surface area contributed by atoms with Crippen LogP contribution in [0.2, 0.25) is 0 Å². The van der Waals surface area contributed by atoms with Crippen molar-refractivity contribution in [3.63, 3.8) is 0 Å². The van der Waals surface area contributed by atoms with Crippen molar-refractivity contribution >= 4 is 23.1 Å². The normalized spacial score (nSPS) is 20.2. The van der Waals surface area contributed by atoms with Gasteiger partial charge in [0.05, 0.1) is 11.4 Å². The van der Waals surface area contributed by atoms with Crippen LogP contribution in [0.4, 0.5) is 11.4 Å². The quantitative estimate of drug-likeness (QED) is 0.905. The van der Waals surface area contributed by atoms with Crippen molar-refractivity contribution in [2.45, 2.75) is 16.6 Å². The molecule has 20 heavy (non-hydrogen) atoms. The van der Waals surface area contributed by atoms with Gasteiger partial charge in [-0.1, -0.05) is 30.3 Å². The predicted octanol–water partition coefficient (Wildman–Crippen LogP) is 3.64. The fourth-order valence-corrected chi connectivity index (χ4v) is 4.47. The van der Waals surface area contributed by atoms with Gasteiger partial charge in [0.1, 0.15) is 0 Å². The predicted molar refractivity (Wildman–Crippen MR) is 86.9 cm³/mol. The summed E-state index contributed by atoms with van der Waals surface area (Å²) in [6, 6.07) is 17.5. The van der Waals surface area contributed by atoms with E-state index in [0.29, 0.717) is 5.25 Å². The van der Waals surface area contributed by atoms with Crippen molar-refractivity contribution in [2.24, 2.45) is 0 Å². The lowest BCUT2D eigenvalue weighted by Gasteiger charge is -2.33. The number of hydrogen-bond donors (Lipinski definition) is 1. The lowest BCUT2D eigenvalue weighted by atomic mass is 10.1. The van der Waals surface area contributed by atoms with Crippen molar-refractivity contribution in [1.82, 2.24) is 0 Å². The maximum atomic E-state index is 3.49. The van der Waals surface area contributed by atoms with Crippen molar-refractivity contribution in [3.05, 3.63) is 54.1 Å². The zero-order valence-corrected chi connectivity index (χ0v) is 12.2. The first kappa shape index (κ1) is 12.2. The van der Waals surface area contributed by atoms with E-state index in [1.165, 1.54) is 28.3 Å². The molecule has 0 spiro atoms. The first-order chi connectivity index (χ1) is 9.90. The number of nitrogens with one attached hydrogen (secondary N) is 1. The first-order valence-electron chi connectivity index (χ1n) is 7.22. The van der Waals surface area contributed by atoms with E-state index in [-0.39, 0.29) is 0 Å². The van der Waals surface area contributed by atoms with E-state index in [2.05, 4.69) is 58.7 Å². The van der Waals surface area contributed by atoms with E-state index in [9.17, 15) is 0 Å². The van der Waals surface area contributed by atoms with Crippen LogP contribution in [0, 0.1) is 0 Å². The number of benzene rings is 2. The van der Waals surface area contributed by atoms with Gasteiger partial charge < -0.3 is 10.2 Å². The molecule has 2 aliphatic heterocycles. The Morgan fingerprint density at radius 2 is 1.95 bits per heavy atom. The van der Waals surface area contributed by atoms with Gasteiger partial charge in [0.2, 0.25) is 0 Å². The van der Waals surface area contributed by atoms with Gasteiger partial charge in [0, 0.05) is 29.8 Å². The van der Waals surface area contributed by atoms with Crippen LogP contribution in [0.1, 0.15) is 5.56 Å². The molecule has 2 nitrogen and oxygen atoms in total. The monoisotopic (exact) mass is 282 g/mol. The second kappa shape index (κ2) is 5.06. The Hall–Kier alpha value is -1.61. The third kappa shape index (κ3) is 2.16. The van der Waals surface area contributed by atoms with Gasteiger partial charge in [-0.15, -0.1) is 11.8 Å². The largest absolute Gasteiger partial charge is 0.382 e. The molecule has 102 valence electrons. The highest BCUT2D eigenvalue weighted by molar-refractivity contribution is 8.00. The Balaban J connectivity index is 1.52. The third-order valence-electron chi connectivity index (χ3n) is 4.08. The van der Waals surface area contributed by atoms with E-state index in [0.717, 1.165) is 19.6 Å². The molecule has 4 rings (SSSR count). The average Bonchev–Trinajstić information content (AvgIpc) is 2.90. The summed E-state index contributed by atoms with van der Waals surface area (Å²) in [5, 5.41) is 4.17. The summed E-state index contributed by atoms with van der Waals surface area (Å²) in [7, 11) is 0. The number of thioether (sulfide) groups is 1. The molecule has 3 heteroatoms. The van der Waals surface area contributed by atoms with E-state index < -0.39 is 0 Å². The van der Waals surface area contributed by atoms with E-state index in [4.69, 9.17) is 0 Å². The van der Waals surface area contributed by atoms with Gasteiger partial charge >= 0.3 is 0 Å². The molecule has 2 heterocycles. The summed E-state index contributed by atoms with van der Waals surface area (Å²) < 4.78 is 0. The molecule has 0 aromatic heterocycles. The standard InChI is InChI=1S/C17H18N2S/c1-4-8-17-13(5-1)11-14(20-17)12-19-10-9-18-15-6-2-3-7-16(15)19/h1-8,14,18H,9-12H2. The number of rotatable bonds is 2. The molecule has 0 radical (unpaired) electrons. The lowest BCUT2D eigenvalue weighted by molar-refractivity contribution is 0.743. The van der Waals surface area contributed by atoms with Gasteiger partial charge in [-0.05, 0) is 30.2 Å². The van der Waals surface area contributed by atoms with Crippen molar-refractivity contribution < 1.29 is 0 Å². The van der Waals surface area contributed by atoms with Crippen LogP contribution in [0.25, 0.3) is 0 Å². The Morgan fingerprint density at radius 1 is 1.10 bits per heavy atom. The first-order valence-corrected chi connectivity index (χ1v) is 8.10. The highest BCUT2D eigenvalue weighted by atomic mass is 32.2. The minimum absolute atomic E-state index is 0.679. The second-order valence-electron chi connectivity index (χ2n) is 5.44. The van der Waals surface area contributed by atoms with E-state index in [1.807, 2.05) is 11.8 Å². The smallest absolute Gasteiger partial charge is 0.0603 e. The molecule has 0 bridgehead atoms. The number of para-hydroxylation sites is 2. The average molecular weight is 282 g/mol. The van der Waals surface area contributed by atoms with Gasteiger partial charge in [-0.3, -0.25) is 0 Å². The molecule has 0 amide bonds. The van der Waals surface area contributed by atoms with Gasteiger partial charge in [0.15, 0.2) is 0 Å². The Kier molecular flexibility index (Phi) is 3.07. The summed E-state index contributed by atoms with van der Waals surface area (Å²) >= 11 is 2.04. The summed E-state index contributed by atoms with van der Waals surface area (Å²) in [6.07, 6.45) is 1.20. The lowest BCUT2D eigenvalue weighted by Crippen LogP contribution is -2.38. The number of fused-ring (bicyclic) bond motifs is 2. The molecular formula is C17H18N2S. The van der Waals surface area contributed by atoms with Crippen LogP contribution in [0.15, 0.2) is 53.4 Å². The molecule has 1 unspecified atom stereocenters. The molecule has 1 atom stereocenters. The minimum Gasteiger partial charge on any atom is -0.382 e. The fraction of sp³-hybridized carbons (Fsp3) is 0.294. The molecule has 2 aromatic rings. The summed E-state index contributed by atoms with van der Waals surface area (Å²) in [4.78, 5) is 4.01. The van der Waals surface area contributed by atoms with E-state index in [1.54, 1.807) is 0 Å². The topological polar surface area (TPSA) is 15.3 Å². The molecule has 2 aliphatic rings. The zero-order chi connectivity index (χ0) is 13.4. The molecular weight excluding hydrogens is 264 g/mol. The van der Waals surface area contributed by atoms with Crippen molar-refractivity contribution in [1.29, 1.82) is 0 Å². The van der Waals surface area contributed by atoms with Crippen LogP contribution in [0.3, 0.4) is 0 Å². The van der Waals surface area contributed by atoms with Gasteiger partial charge in [-0.25, -0.2) is 0 Å². The molecule has 0 fully saturated rings. The van der Waals surface area contributed by atoms with Crippen LogP contribution >= 0.6 is 11.8 Å². The number of anilines is 2.